The maximum Gasteiger partial charge on any atom is 0.133 e. The molecule has 0 radical (unpaired) electrons. The second kappa shape index (κ2) is 24.0. The smallest absolute Gasteiger partial charge is 0.133 e. The van der Waals surface area contributed by atoms with E-state index < -0.39 is 0 Å². The molecule has 0 heterocycles. The monoisotopic (exact) mass is 1060 g/mol. The van der Waals surface area contributed by atoms with Crippen molar-refractivity contribution >= 4 is 11.6 Å². The first-order valence-electron chi connectivity index (χ1n) is 32.5. The van der Waals surface area contributed by atoms with Gasteiger partial charge in [0.15, 0.2) is 0 Å². The number of rotatable bonds is 15. The molecule has 12 rings (SSSR count). The lowest BCUT2D eigenvalue weighted by molar-refractivity contribution is -0.148. The van der Waals surface area contributed by atoms with E-state index in [1.807, 2.05) is 7.11 Å². The summed E-state index contributed by atoms with van der Waals surface area (Å²) >= 11 is 0. The molecule has 8 nitrogen and oxygen atoms in total. The van der Waals surface area contributed by atoms with Gasteiger partial charge >= 0.3 is 0 Å². The molecule has 77 heavy (non-hydrogen) atoms. The number of hydrogen-bond acceptors (Lipinski definition) is 8. The largest absolute Gasteiger partial charge is 0.494 e. The number of benzene rings is 2. The van der Waals surface area contributed by atoms with Crippen LogP contribution in [0.4, 0.5) is 0 Å². The Morgan fingerprint density at radius 3 is 1.52 bits per heavy atom. The van der Waals surface area contributed by atoms with Crippen molar-refractivity contribution in [2.45, 2.75) is 257 Å². The van der Waals surface area contributed by atoms with E-state index in [4.69, 9.17) is 14.2 Å². The Bertz CT molecular complexity index is 2310. The highest BCUT2D eigenvalue weighted by atomic mass is 16.5. The quantitative estimate of drug-likeness (QED) is 0.162. The number of methoxy groups -OCH3 is 1. The summed E-state index contributed by atoms with van der Waals surface area (Å²) in [6, 6.07) is 19.5. The Labute approximate surface area is 466 Å². The second-order valence-electron chi connectivity index (χ2n) is 28.5. The lowest BCUT2D eigenvalue weighted by atomic mass is 9.44. The maximum absolute atomic E-state index is 12.3. The van der Waals surface area contributed by atoms with Gasteiger partial charge in [-0.1, -0.05) is 76.6 Å². The molecule has 2 aromatic carbocycles. The van der Waals surface area contributed by atoms with E-state index in [2.05, 4.69) is 86.9 Å². The standard InChI is InChI=1S/C35H53NO3.C34H51NO3/c1-24(36-27-9-5-4-6-10-27)25-8-7-11-29(22-25)39-21-20-35-19-17-31-30(32(35)14-15-33(35)38-3)13-12-26-23-28(37)16-18-34(26,31)2;1-23(35-26-8-4-3-5-9-26)24-7-6-10-28(21-24)38-20-19-34-18-16-30-29(31(34)13-14-32(34)37)12-11-25-22-27(36)15-17-33(25,30)2/h7-8,11,22,24,26-27,30-33,36H,4-6,9-10,12-21,23H2,1-3H3;6-7,10,21,23,25-26,29-32,35,37H,3-5,8-9,11-20,22H2,1-2H3/t24?,26?,30?,31?,32?,33-,34-,35+;23?,25?,29?,30?,31?,32-,33-,34+/m00/s1. The zero-order valence-electron chi connectivity index (χ0n) is 48.8. The van der Waals surface area contributed by atoms with Crippen LogP contribution in [0.15, 0.2) is 48.5 Å². The van der Waals surface area contributed by atoms with Crippen LogP contribution >= 0.6 is 0 Å². The number of aliphatic hydroxyl groups is 1. The molecule has 0 spiro atoms. The number of ketones is 2. The van der Waals surface area contributed by atoms with Gasteiger partial charge in [0.1, 0.15) is 23.1 Å². The fraction of sp³-hybridized carbons (Fsp3) is 0.797. The third-order valence-corrected chi connectivity index (χ3v) is 25.1. The van der Waals surface area contributed by atoms with Crippen LogP contribution in [0.1, 0.15) is 244 Å². The highest BCUT2D eigenvalue weighted by Crippen LogP contribution is 2.69. The van der Waals surface area contributed by atoms with Crippen molar-refractivity contribution in [3.8, 4) is 11.5 Å². The van der Waals surface area contributed by atoms with Gasteiger partial charge in [0, 0.05) is 67.8 Å². The molecule has 16 atom stereocenters. The van der Waals surface area contributed by atoms with Crippen molar-refractivity contribution in [1.29, 1.82) is 0 Å². The predicted molar refractivity (Wildman–Crippen MR) is 309 cm³/mol. The van der Waals surface area contributed by atoms with Gasteiger partial charge in [-0.25, -0.2) is 0 Å². The van der Waals surface area contributed by atoms with Gasteiger partial charge in [0.05, 0.1) is 25.4 Å². The lowest BCUT2D eigenvalue weighted by Crippen LogP contribution is -2.55. The van der Waals surface area contributed by atoms with E-state index in [1.54, 1.807) is 0 Å². The zero-order chi connectivity index (χ0) is 53.4. The first kappa shape index (κ1) is 56.1. The summed E-state index contributed by atoms with van der Waals surface area (Å²) in [5.74, 6) is 8.58. The molecule has 8 heteroatoms. The Kier molecular flexibility index (Phi) is 17.5. The molecule has 0 aromatic heterocycles. The van der Waals surface area contributed by atoms with Gasteiger partial charge < -0.3 is 30.0 Å². The van der Waals surface area contributed by atoms with Crippen LogP contribution in [-0.2, 0) is 14.3 Å². The van der Waals surface area contributed by atoms with Gasteiger partial charge in [-0.15, -0.1) is 0 Å². The van der Waals surface area contributed by atoms with Crippen LogP contribution in [0.3, 0.4) is 0 Å². The number of Topliss-reactive ketones (excluding diaryl/α,β-unsaturated/α-hetero) is 2. The Morgan fingerprint density at radius 1 is 0.545 bits per heavy atom. The van der Waals surface area contributed by atoms with Gasteiger partial charge in [-0.2, -0.15) is 0 Å². The van der Waals surface area contributed by atoms with Crippen LogP contribution in [0.25, 0.3) is 0 Å². The SMILES string of the molecule is CC(NC1CCCCC1)c1cccc(OCC[C@]23CCC4C(CCC5CC(=O)CC[C@@]54C)C2CC[C@@H]3O)c1.CO[C@H]1CCC2C3CCC4CC(=O)CC[C@]4(C)C3CC[C@@]21CCOc1cccc(C(C)NC2CCCCC2)c1. The topological polar surface area (TPSA) is 106 Å². The highest BCUT2D eigenvalue weighted by molar-refractivity contribution is 5.80. The molecule has 10 saturated carbocycles. The first-order chi connectivity index (χ1) is 37.3. The van der Waals surface area contributed by atoms with E-state index in [1.165, 1.54) is 140 Å². The fourth-order valence-corrected chi connectivity index (χ4v) is 20.8. The third kappa shape index (κ3) is 11.3. The predicted octanol–water partition coefficient (Wildman–Crippen LogP) is 15.4. The first-order valence-corrected chi connectivity index (χ1v) is 32.5. The summed E-state index contributed by atoms with van der Waals surface area (Å²) in [5.41, 5.74) is 3.60. The van der Waals surface area contributed by atoms with Crippen molar-refractivity contribution in [2.24, 2.45) is 69.0 Å². The van der Waals surface area contributed by atoms with Crippen molar-refractivity contribution < 1.29 is 28.9 Å². The summed E-state index contributed by atoms with van der Waals surface area (Å²) in [4.78, 5) is 24.5. The van der Waals surface area contributed by atoms with E-state index >= 15 is 0 Å². The molecule has 3 N–H and O–H groups in total. The molecular weight excluding hydrogens is 953 g/mol. The van der Waals surface area contributed by atoms with Crippen LogP contribution in [0.2, 0.25) is 0 Å². The molecular formula is C69H104N2O6. The van der Waals surface area contributed by atoms with Crippen molar-refractivity contribution in [3.05, 3.63) is 59.7 Å². The van der Waals surface area contributed by atoms with Crippen molar-refractivity contribution in [1.82, 2.24) is 10.6 Å². The van der Waals surface area contributed by atoms with E-state index in [9.17, 15) is 14.7 Å². The van der Waals surface area contributed by atoms with Crippen molar-refractivity contribution in [2.75, 3.05) is 20.3 Å². The summed E-state index contributed by atoms with van der Waals surface area (Å²) in [6.45, 7) is 11.1. The number of carbonyl (C=O) groups excluding carboxylic acids is 2. The molecule has 10 aliphatic rings. The van der Waals surface area contributed by atoms with Gasteiger partial charge in [0.25, 0.3) is 0 Å². The maximum atomic E-state index is 12.3. The molecule has 0 amide bonds. The number of nitrogens with one attached hydrogen (secondary N) is 2. The van der Waals surface area contributed by atoms with Crippen LogP contribution < -0.4 is 20.1 Å². The normalized spacial score (nSPS) is 39.8. The number of carbonyl (C=O) groups is 2. The van der Waals surface area contributed by atoms with Gasteiger partial charge in [-0.3, -0.25) is 9.59 Å². The second-order valence-corrected chi connectivity index (χ2v) is 28.5. The third-order valence-electron chi connectivity index (χ3n) is 25.1. The molecule has 10 unspecified atom stereocenters. The molecule has 2 aromatic rings. The van der Waals surface area contributed by atoms with Crippen molar-refractivity contribution in [3.63, 3.8) is 0 Å². The molecule has 0 bridgehead atoms. The van der Waals surface area contributed by atoms with Crippen LogP contribution in [0, 0.1) is 69.0 Å². The summed E-state index contributed by atoms with van der Waals surface area (Å²) in [6.07, 6.45) is 35.7. The summed E-state index contributed by atoms with van der Waals surface area (Å²) in [5, 5.41) is 19.1. The summed E-state index contributed by atoms with van der Waals surface area (Å²) in [7, 11) is 1.94. The molecule has 0 aliphatic heterocycles. The highest BCUT2D eigenvalue weighted by Gasteiger charge is 2.63. The van der Waals surface area contributed by atoms with Crippen LogP contribution in [0.5, 0.6) is 11.5 Å². The fourth-order valence-electron chi connectivity index (χ4n) is 20.8. The minimum Gasteiger partial charge on any atom is -0.494 e. The minimum absolute atomic E-state index is 0.0162. The van der Waals surface area contributed by atoms with Crippen LogP contribution in [-0.4, -0.2) is 61.3 Å². The number of hydrogen-bond donors (Lipinski definition) is 3. The number of aliphatic hydroxyl groups excluding tert-OH is 1. The Balaban J connectivity index is 0.000000164. The number of fused-ring (bicyclic) bond motifs is 10. The van der Waals surface area contributed by atoms with E-state index in [0.29, 0.717) is 82.9 Å². The van der Waals surface area contributed by atoms with Gasteiger partial charge in [0.2, 0.25) is 0 Å². The zero-order valence-corrected chi connectivity index (χ0v) is 48.8. The number of ether oxygens (including phenoxy) is 3. The minimum atomic E-state index is -0.193. The molecule has 0 saturated heterocycles. The Morgan fingerprint density at radius 2 is 1.01 bits per heavy atom. The lowest BCUT2D eigenvalue weighted by Gasteiger charge is -2.60. The molecule has 10 fully saturated rings. The van der Waals surface area contributed by atoms with Gasteiger partial charge in [-0.05, 0) is 236 Å². The van der Waals surface area contributed by atoms with E-state index in [0.717, 1.165) is 106 Å². The Hall–Kier alpha value is -2.78. The molecule has 426 valence electrons. The average Bonchev–Trinajstić information content (AvgIpc) is 4.16. The average molecular weight is 1060 g/mol. The molecule has 10 aliphatic carbocycles. The van der Waals surface area contributed by atoms with E-state index in [-0.39, 0.29) is 16.9 Å². The summed E-state index contributed by atoms with van der Waals surface area (Å²) < 4.78 is 19.2.